The van der Waals surface area contributed by atoms with Crippen LogP contribution in [-0.4, -0.2) is 26.1 Å². The lowest BCUT2D eigenvalue weighted by molar-refractivity contribution is -0.120. The maximum atomic E-state index is 12.7. The number of thioether (sulfide) groups is 1. The van der Waals surface area contributed by atoms with Gasteiger partial charge in [0, 0.05) is 24.6 Å². The summed E-state index contributed by atoms with van der Waals surface area (Å²) in [6.45, 7) is 17.1. The molecule has 0 N–H and O–H groups in total. The predicted octanol–water partition coefficient (Wildman–Crippen LogP) is 4.39. The highest BCUT2D eigenvalue weighted by Crippen LogP contribution is 2.33. The van der Waals surface area contributed by atoms with Crippen LogP contribution in [0.3, 0.4) is 0 Å². The minimum Gasteiger partial charge on any atom is -0.298 e. The number of carbonyl (C=O) groups excluding carboxylic acids is 1. The lowest BCUT2D eigenvalue weighted by Crippen LogP contribution is -2.32. The number of rotatable bonds is 5. The first kappa shape index (κ1) is 19.3. The maximum absolute atomic E-state index is 12.7. The Balaban J connectivity index is 2.82. The van der Waals surface area contributed by atoms with Crippen molar-refractivity contribution in [3.05, 3.63) is 17.5 Å². The van der Waals surface area contributed by atoms with Crippen LogP contribution in [0.2, 0.25) is 0 Å². The molecule has 126 valence electrons. The molecule has 1 aromatic rings. The van der Waals surface area contributed by atoms with Crippen molar-refractivity contribution in [3.8, 4) is 0 Å². The van der Waals surface area contributed by atoms with Crippen molar-refractivity contribution < 1.29 is 4.79 Å². The van der Waals surface area contributed by atoms with Gasteiger partial charge in [0.15, 0.2) is 5.78 Å². The van der Waals surface area contributed by atoms with E-state index in [4.69, 9.17) is 0 Å². The number of aryl methyl sites for hydroxylation is 1. The van der Waals surface area contributed by atoms with Crippen LogP contribution < -0.4 is 0 Å². The summed E-state index contributed by atoms with van der Waals surface area (Å²) in [6.07, 6.45) is 0.448. The van der Waals surface area contributed by atoms with Crippen molar-refractivity contribution in [3.63, 3.8) is 0 Å². The smallest absolute Gasteiger partial charge is 0.154 e. The molecule has 0 bridgehead atoms. The van der Waals surface area contributed by atoms with Crippen LogP contribution in [0.25, 0.3) is 0 Å². The number of Topliss-reactive ketones (excluding diaryl/α,β-unsaturated/α-hetero) is 1. The molecule has 22 heavy (non-hydrogen) atoms. The highest BCUT2D eigenvalue weighted by atomic mass is 32.2. The molecular formula is C18H32N2OS. The van der Waals surface area contributed by atoms with Crippen molar-refractivity contribution in [2.45, 2.75) is 72.0 Å². The zero-order chi connectivity index (χ0) is 17.3. The molecule has 1 rings (SSSR count). The summed E-state index contributed by atoms with van der Waals surface area (Å²) >= 11 is 1.75. The van der Waals surface area contributed by atoms with Gasteiger partial charge in [0.25, 0.3) is 0 Å². The third kappa shape index (κ3) is 5.45. The molecule has 0 amide bonds. The molecule has 0 saturated carbocycles. The van der Waals surface area contributed by atoms with E-state index in [1.54, 1.807) is 11.8 Å². The standard InChI is InChI=1S/C18H32N2OS/c1-16(2,3)12-22-18(7,8)15(21)11-13-10-14(17(4,5)6)19-20(13)9/h10H,11-12H2,1-9H3. The normalized spacial score (nSPS) is 13.5. The summed E-state index contributed by atoms with van der Waals surface area (Å²) in [5.74, 6) is 1.25. The lowest BCUT2D eigenvalue weighted by Gasteiger charge is -2.27. The predicted molar refractivity (Wildman–Crippen MR) is 96.6 cm³/mol. The second-order valence-electron chi connectivity index (χ2n) is 8.85. The van der Waals surface area contributed by atoms with Crippen molar-refractivity contribution in [1.82, 2.24) is 9.78 Å². The molecule has 0 aromatic carbocycles. The quantitative estimate of drug-likeness (QED) is 0.806. The number of hydrogen-bond donors (Lipinski definition) is 0. The fourth-order valence-electron chi connectivity index (χ4n) is 1.89. The largest absolute Gasteiger partial charge is 0.298 e. The number of carbonyl (C=O) groups is 1. The number of ketones is 1. The molecule has 1 aromatic heterocycles. The van der Waals surface area contributed by atoms with E-state index in [0.717, 1.165) is 17.1 Å². The van der Waals surface area contributed by atoms with E-state index in [1.807, 2.05) is 25.6 Å². The van der Waals surface area contributed by atoms with Gasteiger partial charge < -0.3 is 0 Å². The third-order valence-electron chi connectivity index (χ3n) is 3.62. The average molecular weight is 325 g/mol. The van der Waals surface area contributed by atoms with Crippen LogP contribution in [-0.2, 0) is 23.7 Å². The SMILES string of the molecule is Cn1nc(C(C)(C)C)cc1CC(=O)C(C)(C)SCC(C)(C)C. The molecule has 0 saturated heterocycles. The molecule has 0 unspecified atom stereocenters. The third-order valence-corrected chi connectivity index (χ3v) is 5.58. The van der Waals surface area contributed by atoms with E-state index in [9.17, 15) is 4.79 Å². The van der Waals surface area contributed by atoms with Crippen LogP contribution in [0.1, 0.15) is 66.8 Å². The van der Waals surface area contributed by atoms with Gasteiger partial charge in [0.1, 0.15) is 0 Å². The monoisotopic (exact) mass is 324 g/mol. The second-order valence-corrected chi connectivity index (χ2v) is 10.5. The van der Waals surface area contributed by atoms with Crippen LogP contribution >= 0.6 is 11.8 Å². The molecule has 0 aliphatic rings. The maximum Gasteiger partial charge on any atom is 0.154 e. The van der Waals surface area contributed by atoms with Gasteiger partial charge in [-0.1, -0.05) is 41.5 Å². The van der Waals surface area contributed by atoms with Crippen LogP contribution in [0.5, 0.6) is 0 Å². The van der Waals surface area contributed by atoms with E-state index in [2.05, 4.69) is 52.7 Å². The van der Waals surface area contributed by atoms with Crippen LogP contribution in [0, 0.1) is 5.41 Å². The highest BCUT2D eigenvalue weighted by Gasteiger charge is 2.31. The second kappa shape index (κ2) is 6.38. The Morgan fingerprint density at radius 3 is 2.09 bits per heavy atom. The number of hydrogen-bond acceptors (Lipinski definition) is 3. The van der Waals surface area contributed by atoms with Crippen molar-refractivity contribution in [2.24, 2.45) is 12.5 Å². The summed E-state index contributed by atoms with van der Waals surface area (Å²) in [5, 5.41) is 4.56. The van der Waals surface area contributed by atoms with Gasteiger partial charge >= 0.3 is 0 Å². The van der Waals surface area contributed by atoms with Gasteiger partial charge in [-0.3, -0.25) is 9.48 Å². The van der Waals surface area contributed by atoms with E-state index in [1.165, 1.54) is 0 Å². The van der Waals surface area contributed by atoms with E-state index in [-0.39, 0.29) is 21.4 Å². The molecule has 1 heterocycles. The Morgan fingerprint density at radius 2 is 1.68 bits per heavy atom. The molecular weight excluding hydrogens is 292 g/mol. The van der Waals surface area contributed by atoms with E-state index >= 15 is 0 Å². The van der Waals surface area contributed by atoms with Crippen LogP contribution in [0.4, 0.5) is 0 Å². The molecule has 0 radical (unpaired) electrons. The summed E-state index contributed by atoms with van der Waals surface area (Å²) < 4.78 is 1.49. The Bertz CT molecular complexity index is 530. The molecule has 0 aliphatic heterocycles. The molecule has 0 spiro atoms. The molecule has 0 aliphatic carbocycles. The Hall–Kier alpha value is -0.770. The summed E-state index contributed by atoms with van der Waals surface area (Å²) in [7, 11) is 1.92. The first-order chi connectivity index (χ1) is 9.72. The molecule has 0 atom stereocenters. The minimum atomic E-state index is -0.362. The first-order valence-corrected chi connectivity index (χ1v) is 8.91. The fraction of sp³-hybridized carbons (Fsp3) is 0.778. The molecule has 0 fully saturated rings. The van der Waals surface area contributed by atoms with Gasteiger partial charge in [-0.15, -0.1) is 11.8 Å². The zero-order valence-corrected chi connectivity index (χ0v) is 16.5. The van der Waals surface area contributed by atoms with Gasteiger partial charge in [-0.05, 0) is 31.1 Å². The average Bonchev–Trinajstić information content (AvgIpc) is 2.67. The van der Waals surface area contributed by atoms with Crippen molar-refractivity contribution >= 4 is 17.5 Å². The Morgan fingerprint density at radius 1 is 1.14 bits per heavy atom. The van der Waals surface area contributed by atoms with Gasteiger partial charge in [-0.2, -0.15) is 5.10 Å². The molecule has 4 heteroatoms. The highest BCUT2D eigenvalue weighted by molar-refractivity contribution is 8.01. The minimum absolute atomic E-state index is 0.00948. The summed E-state index contributed by atoms with van der Waals surface area (Å²) in [4.78, 5) is 12.7. The van der Waals surface area contributed by atoms with Gasteiger partial charge in [0.05, 0.1) is 10.4 Å². The fourth-order valence-corrected chi connectivity index (χ4v) is 2.92. The van der Waals surface area contributed by atoms with Gasteiger partial charge in [-0.25, -0.2) is 0 Å². The lowest BCUT2D eigenvalue weighted by atomic mass is 9.92. The van der Waals surface area contributed by atoms with Crippen molar-refractivity contribution in [2.75, 3.05) is 5.75 Å². The van der Waals surface area contributed by atoms with E-state index in [0.29, 0.717) is 6.42 Å². The molecule has 3 nitrogen and oxygen atoms in total. The zero-order valence-electron chi connectivity index (χ0n) is 15.7. The van der Waals surface area contributed by atoms with Crippen LogP contribution in [0.15, 0.2) is 6.07 Å². The Kier molecular flexibility index (Phi) is 5.59. The Labute approximate surface area is 140 Å². The van der Waals surface area contributed by atoms with E-state index < -0.39 is 0 Å². The van der Waals surface area contributed by atoms with Crippen molar-refractivity contribution in [1.29, 1.82) is 0 Å². The summed E-state index contributed by atoms with van der Waals surface area (Å²) in [5.41, 5.74) is 2.28. The summed E-state index contributed by atoms with van der Waals surface area (Å²) in [6, 6.07) is 2.07. The number of nitrogens with zero attached hydrogens (tertiary/aromatic N) is 2. The number of aromatic nitrogens is 2. The van der Waals surface area contributed by atoms with Gasteiger partial charge in [0.2, 0.25) is 0 Å². The topological polar surface area (TPSA) is 34.9 Å². The first-order valence-electron chi connectivity index (χ1n) is 7.93.